The highest BCUT2D eigenvalue weighted by atomic mass is 16.3. The molecule has 0 saturated heterocycles. The van der Waals surface area contributed by atoms with Gasteiger partial charge in [-0.05, 0) is 37.8 Å². The molecule has 2 nitrogen and oxygen atoms in total. The number of aliphatic hydroxyl groups excluding tert-OH is 1. The van der Waals surface area contributed by atoms with Gasteiger partial charge in [0.2, 0.25) is 0 Å². The van der Waals surface area contributed by atoms with Crippen molar-refractivity contribution in [3.8, 4) is 0 Å². The lowest BCUT2D eigenvalue weighted by atomic mass is 9.99. The van der Waals surface area contributed by atoms with Gasteiger partial charge in [-0.2, -0.15) is 0 Å². The molecule has 0 radical (unpaired) electrons. The second kappa shape index (κ2) is 6.02. The van der Waals surface area contributed by atoms with E-state index in [2.05, 4.69) is 57.3 Å². The number of hydrogen-bond donors (Lipinski definition) is 2. The first kappa shape index (κ1) is 13.2. The molecular weight excluding hydrogens is 198 g/mol. The third-order valence-corrected chi connectivity index (χ3v) is 3.31. The number of aliphatic hydroxyl groups is 1. The van der Waals surface area contributed by atoms with Crippen molar-refractivity contribution < 1.29 is 5.11 Å². The van der Waals surface area contributed by atoms with Crippen molar-refractivity contribution in [2.75, 3.05) is 6.61 Å². The fourth-order valence-corrected chi connectivity index (χ4v) is 1.88. The molecule has 3 unspecified atom stereocenters. The Hall–Kier alpha value is -0.860. The van der Waals surface area contributed by atoms with Gasteiger partial charge in [-0.1, -0.05) is 31.2 Å². The van der Waals surface area contributed by atoms with Crippen molar-refractivity contribution in [3.63, 3.8) is 0 Å². The second-order valence-corrected chi connectivity index (χ2v) is 4.69. The predicted octanol–water partition coefficient (Wildman–Crippen LogP) is 2.66. The standard InChI is InChI=1S/C14H23NO/c1-10-7-5-6-8-14(10)13(4)15-12(3)11(2)9-16/h5-8,11-13,15-16H,9H2,1-4H3. The average Bonchev–Trinajstić information content (AvgIpc) is 2.28. The molecule has 2 heteroatoms. The summed E-state index contributed by atoms with van der Waals surface area (Å²) in [5, 5.41) is 12.6. The maximum atomic E-state index is 9.10. The van der Waals surface area contributed by atoms with Gasteiger partial charge in [0.05, 0.1) is 0 Å². The normalized spacial score (nSPS) is 16.8. The summed E-state index contributed by atoms with van der Waals surface area (Å²) in [6, 6.07) is 9.06. The van der Waals surface area contributed by atoms with Crippen LogP contribution in [0.2, 0.25) is 0 Å². The molecule has 0 aliphatic carbocycles. The van der Waals surface area contributed by atoms with E-state index >= 15 is 0 Å². The van der Waals surface area contributed by atoms with Crippen molar-refractivity contribution in [2.45, 2.75) is 39.8 Å². The molecule has 1 aromatic carbocycles. The summed E-state index contributed by atoms with van der Waals surface area (Å²) in [5.41, 5.74) is 2.64. The molecule has 90 valence electrons. The summed E-state index contributed by atoms with van der Waals surface area (Å²) in [6.45, 7) is 8.71. The fourth-order valence-electron chi connectivity index (χ4n) is 1.88. The van der Waals surface area contributed by atoms with Crippen LogP contribution in [0.15, 0.2) is 24.3 Å². The van der Waals surface area contributed by atoms with E-state index in [0.29, 0.717) is 12.1 Å². The molecule has 1 rings (SSSR count). The number of aryl methyl sites for hydroxylation is 1. The highest BCUT2D eigenvalue weighted by Crippen LogP contribution is 2.18. The lowest BCUT2D eigenvalue weighted by molar-refractivity contribution is 0.202. The van der Waals surface area contributed by atoms with E-state index in [4.69, 9.17) is 5.11 Å². The lowest BCUT2D eigenvalue weighted by Crippen LogP contribution is -2.35. The maximum Gasteiger partial charge on any atom is 0.0471 e. The highest BCUT2D eigenvalue weighted by molar-refractivity contribution is 5.28. The van der Waals surface area contributed by atoms with Gasteiger partial charge in [-0.3, -0.25) is 0 Å². The van der Waals surface area contributed by atoms with E-state index in [0.717, 1.165) is 0 Å². The van der Waals surface area contributed by atoms with Crippen molar-refractivity contribution in [3.05, 3.63) is 35.4 Å². The summed E-state index contributed by atoms with van der Waals surface area (Å²) in [4.78, 5) is 0. The Kier molecular flexibility index (Phi) is 4.97. The van der Waals surface area contributed by atoms with Crippen LogP contribution in [0.1, 0.15) is 37.9 Å². The van der Waals surface area contributed by atoms with Crippen molar-refractivity contribution >= 4 is 0 Å². The third kappa shape index (κ3) is 3.32. The lowest BCUT2D eigenvalue weighted by Gasteiger charge is -2.25. The van der Waals surface area contributed by atoms with Crippen molar-refractivity contribution in [2.24, 2.45) is 5.92 Å². The molecule has 0 aliphatic heterocycles. The minimum Gasteiger partial charge on any atom is -0.396 e. The Bertz CT molecular complexity index is 324. The quantitative estimate of drug-likeness (QED) is 0.801. The molecule has 0 amide bonds. The van der Waals surface area contributed by atoms with E-state index in [1.54, 1.807) is 0 Å². The number of rotatable bonds is 5. The molecule has 0 bridgehead atoms. The van der Waals surface area contributed by atoms with E-state index in [-0.39, 0.29) is 12.5 Å². The van der Waals surface area contributed by atoms with E-state index < -0.39 is 0 Å². The summed E-state index contributed by atoms with van der Waals surface area (Å²) in [5.74, 6) is 0.284. The monoisotopic (exact) mass is 221 g/mol. The summed E-state index contributed by atoms with van der Waals surface area (Å²) in [7, 11) is 0. The van der Waals surface area contributed by atoms with Crippen LogP contribution in [-0.4, -0.2) is 17.8 Å². The summed E-state index contributed by atoms with van der Waals surface area (Å²) in [6.07, 6.45) is 0. The molecule has 0 saturated carbocycles. The number of hydrogen-bond acceptors (Lipinski definition) is 2. The van der Waals surface area contributed by atoms with Gasteiger partial charge in [0.25, 0.3) is 0 Å². The van der Waals surface area contributed by atoms with E-state index in [1.165, 1.54) is 11.1 Å². The summed E-state index contributed by atoms with van der Waals surface area (Å²) < 4.78 is 0. The van der Waals surface area contributed by atoms with Crippen LogP contribution in [0.4, 0.5) is 0 Å². The van der Waals surface area contributed by atoms with Crippen LogP contribution in [0.25, 0.3) is 0 Å². The number of benzene rings is 1. The minimum atomic E-state index is 0.231. The molecule has 0 spiro atoms. The van der Waals surface area contributed by atoms with Gasteiger partial charge in [0.15, 0.2) is 0 Å². The Labute approximate surface area is 98.7 Å². The topological polar surface area (TPSA) is 32.3 Å². The molecule has 0 aliphatic rings. The Morgan fingerprint density at radius 3 is 2.38 bits per heavy atom. The maximum absolute atomic E-state index is 9.10. The van der Waals surface area contributed by atoms with Gasteiger partial charge >= 0.3 is 0 Å². The molecule has 3 atom stereocenters. The Morgan fingerprint density at radius 2 is 1.81 bits per heavy atom. The van der Waals surface area contributed by atoms with Crippen LogP contribution < -0.4 is 5.32 Å². The van der Waals surface area contributed by atoms with Gasteiger partial charge in [-0.25, -0.2) is 0 Å². The predicted molar refractivity (Wildman–Crippen MR) is 68.4 cm³/mol. The highest BCUT2D eigenvalue weighted by Gasteiger charge is 2.15. The molecule has 1 aromatic rings. The van der Waals surface area contributed by atoms with Crippen LogP contribution in [-0.2, 0) is 0 Å². The third-order valence-electron chi connectivity index (χ3n) is 3.31. The molecule has 0 fully saturated rings. The smallest absolute Gasteiger partial charge is 0.0471 e. The fraction of sp³-hybridized carbons (Fsp3) is 0.571. The van der Waals surface area contributed by atoms with Gasteiger partial charge in [-0.15, -0.1) is 0 Å². The zero-order chi connectivity index (χ0) is 12.1. The number of nitrogens with one attached hydrogen (secondary N) is 1. The largest absolute Gasteiger partial charge is 0.396 e. The molecule has 0 aromatic heterocycles. The van der Waals surface area contributed by atoms with Crippen LogP contribution in [0, 0.1) is 12.8 Å². The zero-order valence-corrected chi connectivity index (χ0v) is 10.7. The molecule has 16 heavy (non-hydrogen) atoms. The Balaban J connectivity index is 2.65. The van der Waals surface area contributed by atoms with E-state index in [9.17, 15) is 0 Å². The molecular formula is C14H23NO. The average molecular weight is 221 g/mol. The second-order valence-electron chi connectivity index (χ2n) is 4.69. The van der Waals surface area contributed by atoms with Crippen LogP contribution in [0.3, 0.4) is 0 Å². The van der Waals surface area contributed by atoms with Gasteiger partial charge in [0, 0.05) is 18.7 Å². The summed E-state index contributed by atoms with van der Waals surface area (Å²) >= 11 is 0. The zero-order valence-electron chi connectivity index (χ0n) is 10.7. The van der Waals surface area contributed by atoms with Crippen LogP contribution in [0.5, 0.6) is 0 Å². The van der Waals surface area contributed by atoms with Crippen molar-refractivity contribution in [1.29, 1.82) is 0 Å². The first-order chi connectivity index (χ1) is 7.56. The van der Waals surface area contributed by atoms with Gasteiger partial charge in [0.1, 0.15) is 0 Å². The van der Waals surface area contributed by atoms with Crippen molar-refractivity contribution in [1.82, 2.24) is 5.32 Å². The first-order valence-corrected chi connectivity index (χ1v) is 5.98. The molecule has 0 heterocycles. The SMILES string of the molecule is Cc1ccccc1C(C)NC(C)C(C)CO. The first-order valence-electron chi connectivity index (χ1n) is 5.98. The van der Waals surface area contributed by atoms with Crippen LogP contribution >= 0.6 is 0 Å². The minimum absolute atomic E-state index is 0.231. The Morgan fingerprint density at radius 1 is 1.19 bits per heavy atom. The van der Waals surface area contributed by atoms with E-state index in [1.807, 2.05) is 0 Å². The van der Waals surface area contributed by atoms with Gasteiger partial charge < -0.3 is 10.4 Å². The molecule has 2 N–H and O–H groups in total.